The summed E-state index contributed by atoms with van der Waals surface area (Å²) < 4.78 is 0. The molecule has 0 saturated carbocycles. The van der Waals surface area contributed by atoms with Crippen molar-refractivity contribution in [2.24, 2.45) is 0 Å². The first kappa shape index (κ1) is 11.0. The lowest BCUT2D eigenvalue weighted by atomic mass is 10.0. The Hall–Kier alpha value is -0.0400. The lowest BCUT2D eigenvalue weighted by Gasteiger charge is -2.31. The van der Waals surface area contributed by atoms with E-state index in [2.05, 4.69) is 18.7 Å². The van der Waals surface area contributed by atoms with Crippen molar-refractivity contribution in [1.82, 2.24) is 4.90 Å². The van der Waals surface area contributed by atoms with Gasteiger partial charge in [-0.2, -0.15) is 0 Å². The van der Waals surface area contributed by atoms with Gasteiger partial charge in [0, 0.05) is 6.04 Å². The zero-order chi connectivity index (χ0) is 8.69. The second-order valence-corrected chi connectivity index (χ2v) is 2.97. The Morgan fingerprint density at radius 2 is 1.91 bits per heavy atom. The Bertz CT molecular complexity index is 80.9. The molecule has 0 aromatic heterocycles. The van der Waals surface area contributed by atoms with E-state index in [4.69, 9.17) is 0 Å². The summed E-state index contributed by atoms with van der Waals surface area (Å²) in [4.78, 5) is 2.56. The molecule has 1 atom stereocenters. The minimum absolute atomic E-state index is 0.851. The Morgan fingerprint density at radius 3 is 2.27 bits per heavy atom. The molecule has 1 aliphatic rings. The van der Waals surface area contributed by atoms with Gasteiger partial charge in [-0.3, -0.25) is 0 Å². The largest absolute Gasteiger partial charge is 0.301 e. The third-order valence-corrected chi connectivity index (χ3v) is 2.35. The standard InChI is InChI=1S/C8H17N.C2H6/c1-3-9-7-5-4-6-8(9)2;1-2/h8H,3-7H2,1-2H3;1-2H3. The zero-order valence-corrected chi connectivity index (χ0v) is 8.56. The van der Waals surface area contributed by atoms with Gasteiger partial charge in [-0.25, -0.2) is 0 Å². The predicted octanol–water partition coefficient (Wildman–Crippen LogP) is 2.91. The van der Waals surface area contributed by atoms with E-state index in [1.807, 2.05) is 13.8 Å². The Labute approximate surface area is 71.8 Å². The van der Waals surface area contributed by atoms with Gasteiger partial charge in [0.15, 0.2) is 0 Å². The van der Waals surface area contributed by atoms with Gasteiger partial charge in [0.1, 0.15) is 0 Å². The Morgan fingerprint density at radius 1 is 1.27 bits per heavy atom. The van der Waals surface area contributed by atoms with Crippen LogP contribution >= 0.6 is 0 Å². The van der Waals surface area contributed by atoms with Gasteiger partial charge in [0.05, 0.1) is 0 Å². The molecule has 1 saturated heterocycles. The van der Waals surface area contributed by atoms with E-state index in [1.54, 1.807) is 0 Å². The van der Waals surface area contributed by atoms with Crippen LogP contribution in [0.2, 0.25) is 0 Å². The van der Waals surface area contributed by atoms with Crippen molar-refractivity contribution in [2.45, 2.75) is 53.0 Å². The van der Waals surface area contributed by atoms with Gasteiger partial charge in [-0.05, 0) is 32.9 Å². The van der Waals surface area contributed by atoms with Gasteiger partial charge in [0.25, 0.3) is 0 Å². The van der Waals surface area contributed by atoms with Crippen molar-refractivity contribution in [3.8, 4) is 0 Å². The highest BCUT2D eigenvalue weighted by Gasteiger charge is 2.14. The van der Waals surface area contributed by atoms with Crippen molar-refractivity contribution >= 4 is 0 Å². The average molecular weight is 157 g/mol. The highest BCUT2D eigenvalue weighted by atomic mass is 15.1. The van der Waals surface area contributed by atoms with Crippen LogP contribution in [0.4, 0.5) is 0 Å². The fourth-order valence-corrected chi connectivity index (χ4v) is 1.63. The summed E-state index contributed by atoms with van der Waals surface area (Å²) in [7, 11) is 0. The summed E-state index contributed by atoms with van der Waals surface area (Å²) in [6, 6.07) is 0.851. The van der Waals surface area contributed by atoms with Gasteiger partial charge in [0.2, 0.25) is 0 Å². The summed E-state index contributed by atoms with van der Waals surface area (Å²) in [5.41, 5.74) is 0. The van der Waals surface area contributed by atoms with Gasteiger partial charge < -0.3 is 4.90 Å². The van der Waals surface area contributed by atoms with Crippen LogP contribution in [0, 0.1) is 0 Å². The van der Waals surface area contributed by atoms with E-state index < -0.39 is 0 Å². The van der Waals surface area contributed by atoms with Gasteiger partial charge >= 0.3 is 0 Å². The molecule has 1 unspecified atom stereocenters. The molecule has 0 spiro atoms. The molecule has 0 bridgehead atoms. The first-order valence-corrected chi connectivity index (χ1v) is 5.08. The quantitative estimate of drug-likeness (QED) is 0.565. The number of hydrogen-bond donors (Lipinski definition) is 0. The first-order chi connectivity index (χ1) is 5.34. The van der Waals surface area contributed by atoms with Crippen molar-refractivity contribution < 1.29 is 0 Å². The van der Waals surface area contributed by atoms with E-state index in [0.717, 1.165) is 6.04 Å². The fraction of sp³-hybridized carbons (Fsp3) is 1.00. The van der Waals surface area contributed by atoms with Gasteiger partial charge in [-0.15, -0.1) is 0 Å². The van der Waals surface area contributed by atoms with E-state index in [1.165, 1.54) is 32.4 Å². The molecule has 1 heterocycles. The third-order valence-electron chi connectivity index (χ3n) is 2.35. The molecule has 0 aromatic carbocycles. The molecule has 0 aromatic rings. The second-order valence-electron chi connectivity index (χ2n) is 2.97. The minimum Gasteiger partial charge on any atom is -0.301 e. The van der Waals surface area contributed by atoms with Crippen LogP contribution < -0.4 is 0 Å². The number of likely N-dealkylation sites (tertiary alicyclic amines) is 1. The summed E-state index contributed by atoms with van der Waals surface area (Å²) in [6.45, 7) is 11.2. The first-order valence-electron chi connectivity index (χ1n) is 5.08. The molecule has 1 heteroatoms. The molecule has 68 valence electrons. The summed E-state index contributed by atoms with van der Waals surface area (Å²) in [5, 5.41) is 0. The van der Waals surface area contributed by atoms with Crippen LogP contribution in [-0.2, 0) is 0 Å². The SMILES string of the molecule is CC.CCN1CCCCC1C. The average Bonchev–Trinajstić information content (AvgIpc) is 2.09. The van der Waals surface area contributed by atoms with Crippen LogP contribution in [0.15, 0.2) is 0 Å². The molecule has 1 rings (SSSR count). The van der Waals surface area contributed by atoms with Crippen molar-refractivity contribution in [1.29, 1.82) is 0 Å². The minimum atomic E-state index is 0.851. The van der Waals surface area contributed by atoms with E-state index in [9.17, 15) is 0 Å². The van der Waals surface area contributed by atoms with E-state index in [-0.39, 0.29) is 0 Å². The molecule has 1 fully saturated rings. The van der Waals surface area contributed by atoms with Crippen molar-refractivity contribution in [3.63, 3.8) is 0 Å². The number of hydrogen-bond acceptors (Lipinski definition) is 1. The summed E-state index contributed by atoms with van der Waals surface area (Å²) in [6.07, 6.45) is 4.27. The van der Waals surface area contributed by atoms with Crippen LogP contribution in [0.25, 0.3) is 0 Å². The molecule has 11 heavy (non-hydrogen) atoms. The lowest BCUT2D eigenvalue weighted by molar-refractivity contribution is 0.169. The van der Waals surface area contributed by atoms with E-state index in [0.29, 0.717) is 0 Å². The molecule has 0 radical (unpaired) electrons. The fourth-order valence-electron chi connectivity index (χ4n) is 1.63. The normalized spacial score (nSPS) is 25.6. The molecule has 0 N–H and O–H groups in total. The molecular formula is C10H23N. The molecule has 1 aliphatic heterocycles. The maximum atomic E-state index is 2.56. The van der Waals surface area contributed by atoms with E-state index >= 15 is 0 Å². The topological polar surface area (TPSA) is 3.24 Å². The van der Waals surface area contributed by atoms with Crippen LogP contribution in [-0.4, -0.2) is 24.0 Å². The number of rotatable bonds is 1. The van der Waals surface area contributed by atoms with Crippen LogP contribution in [0.1, 0.15) is 47.0 Å². The van der Waals surface area contributed by atoms with Crippen LogP contribution in [0.5, 0.6) is 0 Å². The Kier molecular flexibility index (Phi) is 6.63. The smallest absolute Gasteiger partial charge is 0.00668 e. The van der Waals surface area contributed by atoms with Gasteiger partial charge in [-0.1, -0.05) is 27.2 Å². The molecule has 0 aliphatic carbocycles. The number of nitrogens with zero attached hydrogens (tertiary/aromatic N) is 1. The summed E-state index contributed by atoms with van der Waals surface area (Å²) >= 11 is 0. The predicted molar refractivity (Wildman–Crippen MR) is 51.9 cm³/mol. The maximum absolute atomic E-state index is 2.56. The van der Waals surface area contributed by atoms with Crippen molar-refractivity contribution in [3.05, 3.63) is 0 Å². The van der Waals surface area contributed by atoms with Crippen LogP contribution in [0.3, 0.4) is 0 Å². The number of piperidine rings is 1. The lowest BCUT2D eigenvalue weighted by Crippen LogP contribution is -2.36. The van der Waals surface area contributed by atoms with Crippen molar-refractivity contribution in [2.75, 3.05) is 13.1 Å². The molecular weight excluding hydrogens is 134 g/mol. The zero-order valence-electron chi connectivity index (χ0n) is 8.56. The maximum Gasteiger partial charge on any atom is 0.00668 e. The molecule has 1 nitrogen and oxygen atoms in total. The Balaban J connectivity index is 0.000000461. The summed E-state index contributed by atoms with van der Waals surface area (Å²) in [5.74, 6) is 0. The highest BCUT2D eigenvalue weighted by molar-refractivity contribution is 4.70. The highest BCUT2D eigenvalue weighted by Crippen LogP contribution is 2.14. The second kappa shape index (κ2) is 6.66. The monoisotopic (exact) mass is 157 g/mol. The molecule has 0 amide bonds. The third kappa shape index (κ3) is 3.76.